The summed E-state index contributed by atoms with van der Waals surface area (Å²) in [7, 11) is 0. The number of hydrogen-bond acceptors (Lipinski definition) is 5. The van der Waals surface area contributed by atoms with Gasteiger partial charge in [-0.15, -0.1) is 0 Å². The van der Waals surface area contributed by atoms with Crippen molar-refractivity contribution in [2.75, 3.05) is 24.6 Å². The Kier molecular flexibility index (Phi) is 6.29. The Bertz CT molecular complexity index is 817. The van der Waals surface area contributed by atoms with Crippen LogP contribution in [0.15, 0.2) is 33.8 Å². The molecule has 0 unspecified atom stereocenters. The average Bonchev–Trinajstić information content (AvgIpc) is 3.28. The van der Waals surface area contributed by atoms with Gasteiger partial charge in [0.05, 0.1) is 11.2 Å². The number of rotatable bonds is 6. The Morgan fingerprint density at radius 2 is 2.04 bits per heavy atom. The lowest BCUT2D eigenvalue weighted by atomic mass is 10.3. The summed E-state index contributed by atoms with van der Waals surface area (Å²) in [4.78, 5) is 14.0. The smallest absolute Gasteiger partial charge is 0.277 e. The van der Waals surface area contributed by atoms with E-state index in [0.717, 1.165) is 19.0 Å². The van der Waals surface area contributed by atoms with E-state index in [1.165, 1.54) is 31.2 Å². The van der Waals surface area contributed by atoms with Gasteiger partial charge in [-0.3, -0.25) is 4.79 Å². The normalized spacial score (nSPS) is 14.2. The van der Waals surface area contributed by atoms with Crippen molar-refractivity contribution in [3.05, 3.63) is 45.1 Å². The molecule has 1 saturated heterocycles. The minimum Gasteiger partial charge on any atom is -0.482 e. The number of nitrogens with one attached hydrogen (secondary N) is 1. The molecule has 26 heavy (non-hydrogen) atoms. The number of carbonyl (C=O) groups is 1. The number of ether oxygens (including phenoxy) is 1. The van der Waals surface area contributed by atoms with Crippen LogP contribution < -0.4 is 15.1 Å². The number of carbonyl (C=O) groups excluding carboxylic acids is 1. The topological polar surface area (TPSA) is 67.1 Å². The van der Waals surface area contributed by atoms with Crippen LogP contribution in [0.2, 0.25) is 15.1 Å². The second-order valence-corrected chi connectivity index (χ2v) is 6.87. The van der Waals surface area contributed by atoms with Crippen LogP contribution in [0, 0.1) is 0 Å². The van der Waals surface area contributed by atoms with Crippen molar-refractivity contribution < 1.29 is 13.9 Å². The highest BCUT2D eigenvalue weighted by Crippen LogP contribution is 2.35. The molecule has 0 saturated carbocycles. The first-order chi connectivity index (χ1) is 12.5. The molecule has 0 spiro atoms. The summed E-state index contributed by atoms with van der Waals surface area (Å²) in [6.07, 6.45) is 3.77. The monoisotopic (exact) mass is 415 g/mol. The van der Waals surface area contributed by atoms with Gasteiger partial charge in [-0.1, -0.05) is 34.8 Å². The molecule has 1 aromatic heterocycles. The molecule has 0 atom stereocenters. The fraction of sp³-hybridized carbons (Fsp3) is 0.294. The van der Waals surface area contributed by atoms with Crippen molar-refractivity contribution >= 4 is 52.8 Å². The number of halogens is 3. The van der Waals surface area contributed by atoms with Gasteiger partial charge in [-0.2, -0.15) is 5.10 Å². The van der Waals surface area contributed by atoms with Crippen LogP contribution in [0.3, 0.4) is 0 Å². The van der Waals surface area contributed by atoms with Crippen molar-refractivity contribution in [3.63, 3.8) is 0 Å². The molecule has 1 amide bonds. The number of hydrogen-bond donors (Lipinski definition) is 1. The molecule has 1 N–H and O–H groups in total. The summed E-state index contributed by atoms with van der Waals surface area (Å²) in [6, 6.07) is 6.66. The van der Waals surface area contributed by atoms with Crippen molar-refractivity contribution in [1.29, 1.82) is 0 Å². The molecule has 1 aromatic carbocycles. The summed E-state index contributed by atoms with van der Waals surface area (Å²) < 4.78 is 11.0. The van der Waals surface area contributed by atoms with Crippen LogP contribution in [0.4, 0.5) is 5.88 Å². The maximum atomic E-state index is 11.8. The van der Waals surface area contributed by atoms with E-state index in [1.54, 1.807) is 6.07 Å². The van der Waals surface area contributed by atoms with E-state index in [-0.39, 0.29) is 22.4 Å². The number of nitrogens with zero attached hydrogens (tertiary/aromatic N) is 2. The van der Waals surface area contributed by atoms with Gasteiger partial charge >= 0.3 is 0 Å². The number of hydrazone groups is 1. The highest BCUT2D eigenvalue weighted by atomic mass is 35.5. The maximum Gasteiger partial charge on any atom is 0.277 e. The van der Waals surface area contributed by atoms with Crippen molar-refractivity contribution in [2.45, 2.75) is 12.8 Å². The van der Waals surface area contributed by atoms with Crippen LogP contribution >= 0.6 is 34.8 Å². The Labute approximate surface area is 165 Å². The van der Waals surface area contributed by atoms with Crippen LogP contribution in [0.25, 0.3) is 0 Å². The van der Waals surface area contributed by atoms with E-state index in [0.29, 0.717) is 10.8 Å². The van der Waals surface area contributed by atoms with E-state index < -0.39 is 5.91 Å². The molecule has 6 nitrogen and oxygen atoms in total. The fourth-order valence-electron chi connectivity index (χ4n) is 2.50. The van der Waals surface area contributed by atoms with Crippen molar-refractivity contribution in [3.8, 4) is 5.75 Å². The second-order valence-electron chi connectivity index (χ2n) is 5.65. The van der Waals surface area contributed by atoms with Gasteiger partial charge in [-0.25, -0.2) is 5.43 Å². The summed E-state index contributed by atoms with van der Waals surface area (Å²) in [6.45, 7) is 1.70. The van der Waals surface area contributed by atoms with Crippen LogP contribution in [-0.2, 0) is 4.79 Å². The minimum atomic E-state index is -0.459. The predicted molar refractivity (Wildman–Crippen MR) is 103 cm³/mol. The fourth-order valence-corrected chi connectivity index (χ4v) is 3.14. The Morgan fingerprint density at radius 1 is 1.27 bits per heavy atom. The minimum absolute atomic E-state index is 0.192. The molecule has 2 aromatic rings. The third-order valence-corrected chi connectivity index (χ3v) is 4.73. The lowest BCUT2D eigenvalue weighted by molar-refractivity contribution is -0.123. The van der Waals surface area contributed by atoms with Gasteiger partial charge in [0.15, 0.2) is 12.5 Å². The number of benzene rings is 1. The Balaban J connectivity index is 1.49. The molecular formula is C17H16Cl3N3O3. The standard InChI is InChI=1S/C17H16Cl3N3O3/c18-11-7-13(19)17(20)14(8-11)25-10-15(24)22-21-9-12-3-4-16(26-12)23-5-1-2-6-23/h3-4,7-9H,1-2,5-6,10H2,(H,22,24)/b21-9-. The summed E-state index contributed by atoms with van der Waals surface area (Å²) in [5.41, 5.74) is 2.35. The van der Waals surface area contributed by atoms with Gasteiger partial charge < -0.3 is 14.1 Å². The molecule has 1 aliphatic rings. The zero-order chi connectivity index (χ0) is 18.5. The molecular weight excluding hydrogens is 401 g/mol. The molecule has 0 aliphatic carbocycles. The molecule has 3 rings (SSSR count). The zero-order valence-corrected chi connectivity index (χ0v) is 15.9. The molecule has 2 heterocycles. The molecule has 0 bridgehead atoms. The number of amides is 1. The molecule has 1 aliphatic heterocycles. The van der Waals surface area contributed by atoms with Crippen LogP contribution in [-0.4, -0.2) is 31.8 Å². The van der Waals surface area contributed by atoms with E-state index in [4.69, 9.17) is 44.0 Å². The highest BCUT2D eigenvalue weighted by molar-refractivity contribution is 6.44. The van der Waals surface area contributed by atoms with Crippen molar-refractivity contribution in [1.82, 2.24) is 5.43 Å². The van der Waals surface area contributed by atoms with E-state index in [2.05, 4.69) is 15.4 Å². The molecule has 138 valence electrons. The zero-order valence-electron chi connectivity index (χ0n) is 13.7. The first-order valence-electron chi connectivity index (χ1n) is 7.97. The third kappa shape index (κ3) is 4.84. The van der Waals surface area contributed by atoms with Gasteiger partial charge in [0.2, 0.25) is 0 Å². The summed E-state index contributed by atoms with van der Waals surface area (Å²) in [5.74, 6) is 1.13. The van der Waals surface area contributed by atoms with Crippen molar-refractivity contribution in [2.24, 2.45) is 5.10 Å². The number of anilines is 1. The summed E-state index contributed by atoms with van der Waals surface area (Å²) in [5, 5.41) is 4.65. The predicted octanol–water partition coefficient (Wildman–Crippen LogP) is 4.37. The molecule has 0 radical (unpaired) electrons. The first kappa shape index (κ1) is 18.9. The first-order valence-corrected chi connectivity index (χ1v) is 9.10. The van der Waals surface area contributed by atoms with Gasteiger partial charge in [0.1, 0.15) is 16.5 Å². The second kappa shape index (κ2) is 8.66. The van der Waals surface area contributed by atoms with Crippen LogP contribution in [0.1, 0.15) is 18.6 Å². The Morgan fingerprint density at radius 3 is 2.81 bits per heavy atom. The van der Waals surface area contributed by atoms with Gasteiger partial charge in [0.25, 0.3) is 5.91 Å². The Hall–Kier alpha value is -1.89. The lowest BCUT2D eigenvalue weighted by Gasteiger charge is -2.12. The lowest BCUT2D eigenvalue weighted by Crippen LogP contribution is -2.24. The van der Waals surface area contributed by atoms with E-state index in [9.17, 15) is 4.79 Å². The highest BCUT2D eigenvalue weighted by Gasteiger charge is 2.15. The third-order valence-electron chi connectivity index (χ3n) is 3.73. The van der Waals surface area contributed by atoms with E-state index in [1.807, 2.05) is 6.07 Å². The van der Waals surface area contributed by atoms with Gasteiger partial charge in [0, 0.05) is 30.2 Å². The molecule has 1 fully saturated rings. The van der Waals surface area contributed by atoms with Gasteiger partial charge in [-0.05, 0) is 25.0 Å². The van der Waals surface area contributed by atoms with Crippen LogP contribution in [0.5, 0.6) is 5.75 Å². The number of furan rings is 1. The largest absolute Gasteiger partial charge is 0.482 e. The molecule has 9 heteroatoms. The van der Waals surface area contributed by atoms with E-state index >= 15 is 0 Å². The SMILES string of the molecule is O=C(COc1cc(Cl)cc(Cl)c1Cl)N/N=C\c1ccc(N2CCCC2)o1. The summed E-state index contributed by atoms with van der Waals surface area (Å²) >= 11 is 17.8. The maximum absolute atomic E-state index is 11.8. The average molecular weight is 417 g/mol. The quantitative estimate of drug-likeness (QED) is 0.431.